The molecule has 0 atom stereocenters. The van der Waals surface area contributed by atoms with E-state index in [0.29, 0.717) is 5.57 Å². The van der Waals surface area contributed by atoms with Crippen LogP contribution in [0.4, 0.5) is 0 Å². The number of aryl methyl sites for hydroxylation is 1. The average molecular weight is 183 g/mol. The van der Waals surface area contributed by atoms with Crippen molar-refractivity contribution in [1.29, 1.82) is 5.26 Å². The number of nitrogens with zero attached hydrogens (tertiary/aromatic N) is 1. The molecule has 0 radical (unpaired) electrons. The summed E-state index contributed by atoms with van der Waals surface area (Å²) in [5, 5.41) is 8.74. The van der Waals surface area contributed by atoms with Crippen molar-refractivity contribution in [2.75, 3.05) is 0 Å². The van der Waals surface area contributed by atoms with Gasteiger partial charge in [0.1, 0.15) is 0 Å². The summed E-state index contributed by atoms with van der Waals surface area (Å²) < 4.78 is 0. The van der Waals surface area contributed by atoms with Gasteiger partial charge in [-0.2, -0.15) is 5.26 Å². The second kappa shape index (κ2) is 3.93. The third kappa shape index (κ3) is 2.11. The molecule has 0 saturated heterocycles. The Kier molecular flexibility index (Phi) is 2.89. The van der Waals surface area contributed by atoms with Crippen molar-refractivity contribution in [2.24, 2.45) is 0 Å². The number of rotatable bonds is 2. The maximum absolute atomic E-state index is 8.74. The lowest BCUT2D eigenvalue weighted by atomic mass is 9.99. The lowest BCUT2D eigenvalue weighted by Gasteiger charge is -2.05. The molecular formula is C13H13N. The molecule has 0 bridgehead atoms. The normalized spacial score (nSPS) is 9.21. The van der Waals surface area contributed by atoms with Crippen molar-refractivity contribution in [1.82, 2.24) is 0 Å². The molecule has 0 aliphatic rings. The highest BCUT2D eigenvalue weighted by atomic mass is 14.2. The molecule has 0 aliphatic carbocycles. The van der Waals surface area contributed by atoms with Gasteiger partial charge >= 0.3 is 0 Å². The average Bonchev–Trinajstić information content (AvgIpc) is 2.15. The number of hydrogen-bond acceptors (Lipinski definition) is 1. The van der Waals surface area contributed by atoms with Gasteiger partial charge in [-0.15, -0.1) is 0 Å². The van der Waals surface area contributed by atoms with Crippen molar-refractivity contribution < 1.29 is 0 Å². The summed E-state index contributed by atoms with van der Waals surface area (Å²) in [6, 6.07) is 8.00. The minimum atomic E-state index is 0.496. The highest BCUT2D eigenvalue weighted by Crippen LogP contribution is 2.20. The van der Waals surface area contributed by atoms with Crippen LogP contribution in [0.5, 0.6) is 0 Å². The lowest BCUT2D eigenvalue weighted by Crippen LogP contribution is -1.86. The van der Waals surface area contributed by atoms with Crippen LogP contribution in [0.1, 0.15) is 23.6 Å². The SMILES string of the molecule is C=C(C)c1cc(C)cc(C(=C)C#N)c1. The van der Waals surface area contributed by atoms with Gasteiger partial charge in [-0.3, -0.25) is 0 Å². The van der Waals surface area contributed by atoms with E-state index in [9.17, 15) is 0 Å². The fourth-order valence-electron chi connectivity index (χ4n) is 1.27. The maximum atomic E-state index is 8.74. The lowest BCUT2D eigenvalue weighted by molar-refractivity contribution is 1.41. The molecule has 0 saturated carbocycles. The van der Waals surface area contributed by atoms with E-state index in [-0.39, 0.29) is 0 Å². The minimum absolute atomic E-state index is 0.496. The van der Waals surface area contributed by atoms with Gasteiger partial charge in [0, 0.05) is 0 Å². The van der Waals surface area contributed by atoms with Gasteiger partial charge in [-0.25, -0.2) is 0 Å². The first-order chi connectivity index (χ1) is 6.54. The molecule has 0 aromatic heterocycles. The second-order valence-corrected chi connectivity index (χ2v) is 3.46. The summed E-state index contributed by atoms with van der Waals surface area (Å²) in [6.07, 6.45) is 0. The topological polar surface area (TPSA) is 23.8 Å². The van der Waals surface area contributed by atoms with Crippen molar-refractivity contribution in [3.63, 3.8) is 0 Å². The molecule has 0 fully saturated rings. The Morgan fingerprint density at radius 3 is 2.29 bits per heavy atom. The standard InChI is InChI=1S/C13H13N/c1-9(2)12-5-10(3)6-13(7-12)11(4)8-14/h5-7H,1,4H2,2-3H3. The molecule has 1 nitrogen and oxygen atoms in total. The van der Waals surface area contributed by atoms with E-state index < -0.39 is 0 Å². The quantitative estimate of drug-likeness (QED) is 0.643. The predicted molar refractivity (Wildman–Crippen MR) is 60.5 cm³/mol. The second-order valence-electron chi connectivity index (χ2n) is 3.46. The number of benzene rings is 1. The van der Waals surface area contributed by atoms with E-state index in [1.807, 2.05) is 26.0 Å². The Morgan fingerprint density at radius 2 is 1.79 bits per heavy atom. The highest BCUT2D eigenvalue weighted by molar-refractivity contribution is 5.77. The Balaban J connectivity index is 3.28. The van der Waals surface area contributed by atoms with Crippen LogP contribution in [0, 0.1) is 18.3 Å². The monoisotopic (exact) mass is 183 g/mol. The first-order valence-electron chi connectivity index (χ1n) is 4.41. The van der Waals surface area contributed by atoms with Gasteiger partial charge < -0.3 is 0 Å². The summed E-state index contributed by atoms with van der Waals surface area (Å²) >= 11 is 0. The first kappa shape index (κ1) is 10.3. The molecule has 0 spiro atoms. The fraction of sp³-hybridized carbons (Fsp3) is 0.154. The van der Waals surface area contributed by atoms with E-state index in [4.69, 9.17) is 5.26 Å². The van der Waals surface area contributed by atoms with Crippen LogP contribution < -0.4 is 0 Å². The Morgan fingerprint density at radius 1 is 1.21 bits per heavy atom. The zero-order valence-corrected chi connectivity index (χ0v) is 8.59. The number of allylic oxidation sites excluding steroid dienone is 2. The third-order valence-electron chi connectivity index (χ3n) is 2.05. The van der Waals surface area contributed by atoms with Crippen molar-refractivity contribution in [3.8, 4) is 6.07 Å². The molecule has 1 aromatic carbocycles. The highest BCUT2D eigenvalue weighted by Gasteiger charge is 2.01. The number of nitriles is 1. The summed E-state index contributed by atoms with van der Waals surface area (Å²) in [7, 11) is 0. The van der Waals surface area contributed by atoms with Crippen LogP contribution in [-0.2, 0) is 0 Å². The Labute approximate surface area is 85.0 Å². The first-order valence-corrected chi connectivity index (χ1v) is 4.41. The van der Waals surface area contributed by atoms with Gasteiger partial charge in [0.05, 0.1) is 11.6 Å². The van der Waals surface area contributed by atoms with Gasteiger partial charge in [-0.1, -0.05) is 30.9 Å². The zero-order chi connectivity index (χ0) is 10.7. The molecule has 70 valence electrons. The van der Waals surface area contributed by atoms with Crippen molar-refractivity contribution in [3.05, 3.63) is 48.0 Å². The van der Waals surface area contributed by atoms with Gasteiger partial charge in [0.15, 0.2) is 0 Å². The van der Waals surface area contributed by atoms with Crippen LogP contribution in [0.2, 0.25) is 0 Å². The van der Waals surface area contributed by atoms with Crippen molar-refractivity contribution in [2.45, 2.75) is 13.8 Å². The smallest absolute Gasteiger partial charge is 0.0991 e. The molecule has 0 unspecified atom stereocenters. The molecule has 0 heterocycles. The van der Waals surface area contributed by atoms with Crippen LogP contribution in [0.3, 0.4) is 0 Å². The predicted octanol–water partition coefficient (Wildman–Crippen LogP) is 3.56. The Bertz CT molecular complexity index is 433. The summed E-state index contributed by atoms with van der Waals surface area (Å²) in [6.45, 7) is 11.5. The van der Waals surface area contributed by atoms with E-state index in [2.05, 4.69) is 25.3 Å². The van der Waals surface area contributed by atoms with Crippen molar-refractivity contribution >= 4 is 11.1 Å². The van der Waals surface area contributed by atoms with Crippen LogP contribution in [0.25, 0.3) is 11.1 Å². The Hall–Kier alpha value is -1.81. The van der Waals surface area contributed by atoms with Crippen LogP contribution >= 0.6 is 0 Å². The molecule has 1 aromatic rings. The van der Waals surface area contributed by atoms with Gasteiger partial charge in [0.2, 0.25) is 0 Å². The number of hydrogen-bond donors (Lipinski definition) is 0. The summed E-state index contributed by atoms with van der Waals surface area (Å²) in [4.78, 5) is 0. The molecule has 0 N–H and O–H groups in total. The molecule has 0 aliphatic heterocycles. The third-order valence-corrected chi connectivity index (χ3v) is 2.05. The van der Waals surface area contributed by atoms with Crippen LogP contribution in [-0.4, -0.2) is 0 Å². The van der Waals surface area contributed by atoms with Gasteiger partial charge in [-0.05, 0) is 36.6 Å². The van der Waals surface area contributed by atoms with E-state index in [1.54, 1.807) is 0 Å². The largest absolute Gasteiger partial charge is 0.192 e. The minimum Gasteiger partial charge on any atom is -0.192 e. The fourth-order valence-corrected chi connectivity index (χ4v) is 1.27. The van der Waals surface area contributed by atoms with Gasteiger partial charge in [0.25, 0.3) is 0 Å². The summed E-state index contributed by atoms with van der Waals surface area (Å²) in [5.41, 5.74) is 4.57. The molecule has 14 heavy (non-hydrogen) atoms. The summed E-state index contributed by atoms with van der Waals surface area (Å²) in [5.74, 6) is 0. The zero-order valence-electron chi connectivity index (χ0n) is 8.59. The van der Waals surface area contributed by atoms with E-state index in [0.717, 1.165) is 22.3 Å². The molecule has 1 rings (SSSR count). The maximum Gasteiger partial charge on any atom is 0.0991 e. The molecule has 1 heteroatoms. The molecular weight excluding hydrogens is 170 g/mol. The van der Waals surface area contributed by atoms with E-state index >= 15 is 0 Å². The van der Waals surface area contributed by atoms with E-state index in [1.165, 1.54) is 0 Å². The van der Waals surface area contributed by atoms with Crippen LogP contribution in [0.15, 0.2) is 31.4 Å². The molecule has 0 amide bonds.